The van der Waals surface area contributed by atoms with Gasteiger partial charge in [-0.15, -0.1) is 0 Å². The van der Waals surface area contributed by atoms with Crippen molar-refractivity contribution >= 4 is 0 Å². The van der Waals surface area contributed by atoms with Gasteiger partial charge in [0.2, 0.25) is 0 Å². The summed E-state index contributed by atoms with van der Waals surface area (Å²) in [5.41, 5.74) is -1.89. The average molecular weight is 312 g/mol. The van der Waals surface area contributed by atoms with Crippen molar-refractivity contribution in [2.24, 2.45) is 16.2 Å². The molecular weight excluding hydrogens is 281 g/mol. The van der Waals surface area contributed by atoms with E-state index in [9.17, 15) is 13.2 Å². The predicted molar refractivity (Wildman–Crippen MR) is 79.3 cm³/mol. The number of hydrogen-bond donors (Lipinski definition) is 0. The van der Waals surface area contributed by atoms with Crippen LogP contribution in [-0.4, -0.2) is 32.6 Å². The normalized spacial score (nSPS) is 14.6. The van der Waals surface area contributed by atoms with E-state index < -0.39 is 11.6 Å². The summed E-state index contributed by atoms with van der Waals surface area (Å²) in [7, 11) is 0. The van der Waals surface area contributed by atoms with Crippen molar-refractivity contribution in [1.82, 2.24) is 0 Å². The molecule has 0 aliphatic carbocycles. The third kappa shape index (κ3) is 9.35. The summed E-state index contributed by atoms with van der Waals surface area (Å²) in [6.45, 7) is 13.8. The van der Waals surface area contributed by atoms with Crippen LogP contribution in [0.2, 0.25) is 0 Å². The van der Waals surface area contributed by atoms with Crippen LogP contribution in [0.15, 0.2) is 0 Å². The Bertz CT molecular complexity index is 302. The quantitative estimate of drug-likeness (QED) is 0.583. The zero-order valence-electron chi connectivity index (χ0n) is 14.5. The molecule has 2 nitrogen and oxygen atoms in total. The highest BCUT2D eigenvalue weighted by Gasteiger charge is 2.47. The molecule has 5 heteroatoms. The van der Waals surface area contributed by atoms with E-state index in [0.717, 1.165) is 20.3 Å². The molecule has 128 valence electrons. The summed E-state index contributed by atoms with van der Waals surface area (Å²) in [6.07, 6.45) is -3.48. The second-order valence-electron chi connectivity index (χ2n) is 8.40. The first kappa shape index (κ1) is 20.7. The highest BCUT2D eigenvalue weighted by atomic mass is 19.4. The molecule has 0 aliphatic rings. The van der Waals surface area contributed by atoms with Crippen LogP contribution in [0.4, 0.5) is 13.2 Å². The maximum atomic E-state index is 12.7. The summed E-state index contributed by atoms with van der Waals surface area (Å²) < 4.78 is 49.1. The van der Waals surface area contributed by atoms with Crippen molar-refractivity contribution in [2.75, 3.05) is 26.4 Å². The van der Waals surface area contributed by atoms with Crippen LogP contribution < -0.4 is 0 Å². The smallest absolute Gasteiger partial charge is 0.381 e. The van der Waals surface area contributed by atoms with Gasteiger partial charge in [0.25, 0.3) is 0 Å². The van der Waals surface area contributed by atoms with Crippen LogP contribution >= 0.6 is 0 Å². The second kappa shape index (κ2) is 7.32. The van der Waals surface area contributed by atoms with Crippen LogP contribution in [0.1, 0.15) is 54.9 Å². The first-order valence-electron chi connectivity index (χ1n) is 7.39. The molecule has 0 radical (unpaired) electrons. The monoisotopic (exact) mass is 312 g/mol. The Morgan fingerprint density at radius 2 is 1.24 bits per heavy atom. The number of alkyl halides is 3. The SMILES string of the molecule is CC(C)(C)COCCC(C)(C)COCC(C)(C)C(F)(F)F. The van der Waals surface area contributed by atoms with Gasteiger partial charge in [-0.1, -0.05) is 34.6 Å². The predicted octanol–water partition coefficient (Wildman–Crippen LogP) is 5.07. The van der Waals surface area contributed by atoms with Crippen LogP contribution in [0.5, 0.6) is 0 Å². The highest BCUT2D eigenvalue weighted by Crippen LogP contribution is 2.38. The van der Waals surface area contributed by atoms with Gasteiger partial charge in [-0.3, -0.25) is 0 Å². The second-order valence-corrected chi connectivity index (χ2v) is 8.40. The van der Waals surface area contributed by atoms with Gasteiger partial charge in [-0.05, 0) is 31.1 Å². The van der Waals surface area contributed by atoms with Crippen LogP contribution in [0, 0.1) is 16.2 Å². The van der Waals surface area contributed by atoms with Crippen molar-refractivity contribution in [3.63, 3.8) is 0 Å². The molecule has 0 aromatic carbocycles. The van der Waals surface area contributed by atoms with Gasteiger partial charge in [0.1, 0.15) is 0 Å². The van der Waals surface area contributed by atoms with Crippen molar-refractivity contribution < 1.29 is 22.6 Å². The highest BCUT2D eigenvalue weighted by molar-refractivity contribution is 4.77. The Hall–Kier alpha value is -0.290. The van der Waals surface area contributed by atoms with Gasteiger partial charge < -0.3 is 9.47 Å². The molecule has 0 heterocycles. The minimum atomic E-state index is -4.24. The third-order valence-electron chi connectivity index (χ3n) is 3.18. The van der Waals surface area contributed by atoms with Crippen LogP contribution in [0.25, 0.3) is 0 Å². The van der Waals surface area contributed by atoms with Gasteiger partial charge in [-0.2, -0.15) is 13.2 Å². The van der Waals surface area contributed by atoms with E-state index in [-0.39, 0.29) is 17.4 Å². The topological polar surface area (TPSA) is 18.5 Å². The molecule has 21 heavy (non-hydrogen) atoms. The lowest BCUT2D eigenvalue weighted by Crippen LogP contribution is -2.37. The lowest BCUT2D eigenvalue weighted by atomic mass is 9.90. The summed E-state index contributed by atoms with van der Waals surface area (Å²) >= 11 is 0. The number of halogens is 3. The summed E-state index contributed by atoms with van der Waals surface area (Å²) in [5, 5.41) is 0. The zero-order chi connectivity index (χ0) is 16.9. The molecule has 0 aromatic heterocycles. The first-order chi connectivity index (χ1) is 9.16. The van der Waals surface area contributed by atoms with Gasteiger partial charge in [0.15, 0.2) is 0 Å². The minimum absolute atomic E-state index is 0.122. The molecule has 0 saturated carbocycles. The maximum absolute atomic E-state index is 12.7. The van der Waals surface area contributed by atoms with E-state index in [1.807, 2.05) is 13.8 Å². The molecule has 0 rings (SSSR count). The molecule has 0 saturated heterocycles. The lowest BCUT2D eigenvalue weighted by molar-refractivity contribution is -0.229. The Morgan fingerprint density at radius 1 is 0.714 bits per heavy atom. The summed E-state index contributed by atoms with van der Waals surface area (Å²) in [5.74, 6) is 0. The molecular formula is C16H31F3O2. The van der Waals surface area contributed by atoms with Gasteiger partial charge >= 0.3 is 6.18 Å². The van der Waals surface area contributed by atoms with Crippen molar-refractivity contribution in [2.45, 2.75) is 61.1 Å². The van der Waals surface area contributed by atoms with Crippen molar-refractivity contribution in [3.05, 3.63) is 0 Å². The van der Waals surface area contributed by atoms with Gasteiger partial charge in [-0.25, -0.2) is 0 Å². The number of hydrogen-bond acceptors (Lipinski definition) is 2. The van der Waals surface area contributed by atoms with Crippen LogP contribution in [0.3, 0.4) is 0 Å². The Balaban J connectivity index is 4.03. The molecule has 0 atom stereocenters. The van der Waals surface area contributed by atoms with E-state index >= 15 is 0 Å². The molecule has 0 unspecified atom stereocenters. The number of rotatable bonds is 8. The van der Waals surface area contributed by atoms with Gasteiger partial charge in [0.05, 0.1) is 25.2 Å². The largest absolute Gasteiger partial charge is 0.396 e. The van der Waals surface area contributed by atoms with E-state index in [2.05, 4.69) is 20.8 Å². The average Bonchev–Trinajstić information content (AvgIpc) is 2.21. The maximum Gasteiger partial charge on any atom is 0.396 e. The first-order valence-corrected chi connectivity index (χ1v) is 7.39. The molecule has 0 N–H and O–H groups in total. The van der Waals surface area contributed by atoms with E-state index in [1.165, 1.54) is 0 Å². The standard InChI is InChI=1S/C16H31F3O2/c1-13(2,3)10-20-9-8-14(4,5)11-21-12-15(6,7)16(17,18)19/h8-12H2,1-7H3. The fraction of sp³-hybridized carbons (Fsp3) is 1.00. The lowest BCUT2D eigenvalue weighted by Gasteiger charge is -2.30. The van der Waals surface area contributed by atoms with Gasteiger partial charge in [0, 0.05) is 6.61 Å². The van der Waals surface area contributed by atoms with E-state index in [4.69, 9.17) is 9.47 Å². The fourth-order valence-electron chi connectivity index (χ4n) is 1.46. The van der Waals surface area contributed by atoms with Crippen LogP contribution in [-0.2, 0) is 9.47 Å². The summed E-state index contributed by atoms with van der Waals surface area (Å²) in [6, 6.07) is 0. The van der Waals surface area contributed by atoms with E-state index in [1.54, 1.807) is 0 Å². The fourth-order valence-corrected chi connectivity index (χ4v) is 1.46. The molecule has 0 aromatic rings. The summed E-state index contributed by atoms with van der Waals surface area (Å²) in [4.78, 5) is 0. The Morgan fingerprint density at radius 3 is 1.67 bits per heavy atom. The molecule has 0 amide bonds. The molecule has 0 bridgehead atoms. The molecule has 0 aliphatic heterocycles. The third-order valence-corrected chi connectivity index (χ3v) is 3.18. The minimum Gasteiger partial charge on any atom is -0.381 e. The number of ether oxygens (including phenoxy) is 2. The van der Waals surface area contributed by atoms with E-state index in [0.29, 0.717) is 19.8 Å². The molecule has 0 spiro atoms. The van der Waals surface area contributed by atoms with Crippen molar-refractivity contribution in [3.8, 4) is 0 Å². The molecule has 0 fully saturated rings. The Labute approximate surface area is 127 Å². The zero-order valence-corrected chi connectivity index (χ0v) is 14.5. The Kier molecular flexibility index (Phi) is 7.21. The van der Waals surface area contributed by atoms with Crippen molar-refractivity contribution in [1.29, 1.82) is 0 Å².